The maximum atomic E-state index is 14.0. The predicted octanol–water partition coefficient (Wildman–Crippen LogP) is 6.22. The van der Waals surface area contributed by atoms with E-state index in [2.05, 4.69) is 9.97 Å². The first kappa shape index (κ1) is 34.6. The minimum atomic E-state index is -0.585. The molecular weight excluding hydrogens is 657 g/mol. The minimum Gasteiger partial charge on any atom is -0.496 e. The van der Waals surface area contributed by atoms with Crippen LogP contribution < -0.4 is 39.4 Å². The Kier molecular flexibility index (Phi) is 10.9. The summed E-state index contributed by atoms with van der Waals surface area (Å²) in [5.41, 5.74) is 0.0893. The standard InChI is InChI=1S/C35H32FN3O9S/c1-42-22-16-24(43-2)28-25(17-22)48-31(20-14-26(44-3)32(46-5)27(15-20)45-4)33(30(28)40)47-12-6-7-13-49-35-38-29(23(18-37)34(41)39-35)19-8-10-21(36)11-9-19/h8-11,14-17H,6-7,12-13H2,1-5H3,(H,38,39,41). The fourth-order valence-corrected chi connectivity index (χ4v) is 5.91. The highest BCUT2D eigenvalue weighted by atomic mass is 32.2. The van der Waals surface area contributed by atoms with Gasteiger partial charge in [-0.15, -0.1) is 0 Å². The fraction of sp³-hybridized carbons (Fsp3) is 0.257. The highest BCUT2D eigenvalue weighted by Crippen LogP contribution is 2.44. The molecule has 2 aromatic heterocycles. The summed E-state index contributed by atoms with van der Waals surface area (Å²) in [4.78, 5) is 33.7. The summed E-state index contributed by atoms with van der Waals surface area (Å²) in [7, 11) is 7.39. The second-order valence-electron chi connectivity index (χ2n) is 10.3. The summed E-state index contributed by atoms with van der Waals surface area (Å²) < 4.78 is 53.3. The van der Waals surface area contributed by atoms with Crippen molar-refractivity contribution in [3.05, 3.63) is 80.5 Å². The SMILES string of the molecule is COc1cc(OC)c2c(=O)c(OCCCCSc3nc(-c4ccc(F)cc4)c(C#N)c(=O)[nH]3)c(-c3cc(OC)c(OC)c(OC)c3)oc2c1. The largest absolute Gasteiger partial charge is 0.496 e. The molecule has 0 atom stereocenters. The van der Waals surface area contributed by atoms with Crippen LogP contribution in [0, 0.1) is 17.1 Å². The molecule has 0 amide bonds. The van der Waals surface area contributed by atoms with Crippen LogP contribution in [-0.2, 0) is 0 Å². The van der Waals surface area contributed by atoms with Crippen LogP contribution in [0.1, 0.15) is 18.4 Å². The number of hydrogen-bond acceptors (Lipinski definition) is 12. The number of methoxy groups -OCH3 is 5. The number of hydrogen-bond donors (Lipinski definition) is 1. The lowest BCUT2D eigenvalue weighted by Crippen LogP contribution is -2.15. The molecule has 0 bridgehead atoms. The first-order valence-corrected chi connectivity index (χ1v) is 15.8. The number of halogens is 1. The second kappa shape index (κ2) is 15.5. The number of thioether (sulfide) groups is 1. The Bertz CT molecular complexity index is 2120. The molecule has 0 saturated heterocycles. The van der Waals surface area contributed by atoms with Crippen LogP contribution in [0.15, 0.2) is 67.7 Å². The molecule has 0 aliphatic rings. The highest BCUT2D eigenvalue weighted by molar-refractivity contribution is 7.99. The van der Waals surface area contributed by atoms with Gasteiger partial charge in [0.1, 0.15) is 39.9 Å². The van der Waals surface area contributed by atoms with Crippen LogP contribution in [0.2, 0.25) is 0 Å². The summed E-state index contributed by atoms with van der Waals surface area (Å²) in [6.07, 6.45) is 1.13. The van der Waals surface area contributed by atoms with Crippen molar-refractivity contribution < 1.29 is 37.2 Å². The van der Waals surface area contributed by atoms with E-state index in [9.17, 15) is 19.2 Å². The third-order valence-corrected chi connectivity index (χ3v) is 8.38. The van der Waals surface area contributed by atoms with Crippen LogP contribution in [0.4, 0.5) is 4.39 Å². The average Bonchev–Trinajstić information content (AvgIpc) is 3.12. The van der Waals surface area contributed by atoms with Crippen molar-refractivity contribution in [2.24, 2.45) is 0 Å². The lowest BCUT2D eigenvalue weighted by atomic mass is 10.1. The lowest BCUT2D eigenvalue weighted by molar-refractivity contribution is 0.301. The van der Waals surface area contributed by atoms with E-state index >= 15 is 0 Å². The third-order valence-electron chi connectivity index (χ3n) is 7.42. The van der Waals surface area contributed by atoms with E-state index in [0.29, 0.717) is 57.9 Å². The van der Waals surface area contributed by atoms with Crippen molar-refractivity contribution in [3.8, 4) is 63.1 Å². The summed E-state index contributed by atoms with van der Waals surface area (Å²) in [6, 6.07) is 13.8. The predicted molar refractivity (Wildman–Crippen MR) is 181 cm³/mol. The molecule has 0 saturated carbocycles. The highest BCUT2D eigenvalue weighted by Gasteiger charge is 2.24. The number of nitrogens with zero attached hydrogens (tertiary/aromatic N) is 2. The Morgan fingerprint density at radius 2 is 1.55 bits per heavy atom. The number of fused-ring (bicyclic) bond motifs is 1. The Labute approximate surface area is 284 Å². The summed E-state index contributed by atoms with van der Waals surface area (Å²) in [5, 5.41) is 10.00. The topological polar surface area (TPSA) is 155 Å². The smallest absolute Gasteiger partial charge is 0.270 e. The molecular formula is C35H32FN3O9S. The number of unbranched alkanes of at least 4 members (excludes halogenated alkanes) is 1. The van der Waals surface area contributed by atoms with E-state index in [-0.39, 0.29) is 46.1 Å². The molecule has 5 rings (SSSR count). The van der Waals surface area contributed by atoms with Gasteiger partial charge in [-0.2, -0.15) is 5.26 Å². The molecule has 0 fully saturated rings. The van der Waals surface area contributed by atoms with Crippen molar-refractivity contribution in [3.63, 3.8) is 0 Å². The number of ether oxygens (including phenoxy) is 6. The molecule has 49 heavy (non-hydrogen) atoms. The molecule has 0 unspecified atom stereocenters. The molecule has 0 radical (unpaired) electrons. The average molecular weight is 690 g/mol. The van der Waals surface area contributed by atoms with Gasteiger partial charge in [0.25, 0.3) is 5.56 Å². The summed E-state index contributed by atoms with van der Waals surface area (Å²) >= 11 is 1.28. The molecule has 1 N–H and O–H groups in total. The van der Waals surface area contributed by atoms with E-state index in [0.717, 1.165) is 0 Å². The number of nitriles is 1. The first-order valence-electron chi connectivity index (χ1n) is 14.9. The summed E-state index contributed by atoms with van der Waals surface area (Å²) in [6.45, 7) is 0.144. The van der Waals surface area contributed by atoms with Gasteiger partial charge >= 0.3 is 0 Å². The number of benzene rings is 3. The van der Waals surface area contributed by atoms with Gasteiger partial charge < -0.3 is 37.8 Å². The van der Waals surface area contributed by atoms with Crippen LogP contribution in [0.5, 0.6) is 34.5 Å². The van der Waals surface area contributed by atoms with E-state index in [1.807, 2.05) is 6.07 Å². The lowest BCUT2D eigenvalue weighted by Gasteiger charge is -2.17. The van der Waals surface area contributed by atoms with E-state index in [1.165, 1.54) is 71.6 Å². The zero-order valence-electron chi connectivity index (χ0n) is 27.3. The van der Waals surface area contributed by atoms with E-state index in [1.54, 1.807) is 24.3 Å². The van der Waals surface area contributed by atoms with Gasteiger partial charge in [0.2, 0.25) is 16.9 Å². The van der Waals surface area contributed by atoms with E-state index in [4.69, 9.17) is 32.8 Å². The Hall–Kier alpha value is -5.68. The number of rotatable bonds is 14. The summed E-state index contributed by atoms with van der Waals surface area (Å²) in [5.74, 6) is 1.92. The normalized spacial score (nSPS) is 10.8. The van der Waals surface area contributed by atoms with Crippen LogP contribution in [-0.4, -0.2) is 57.9 Å². The van der Waals surface area contributed by atoms with Gasteiger partial charge in [-0.1, -0.05) is 11.8 Å². The second-order valence-corrected chi connectivity index (χ2v) is 11.4. The Morgan fingerprint density at radius 1 is 0.857 bits per heavy atom. The molecule has 0 aliphatic heterocycles. The van der Waals surface area contributed by atoms with E-state index < -0.39 is 16.8 Å². The van der Waals surface area contributed by atoms with Gasteiger partial charge in [-0.25, -0.2) is 9.37 Å². The maximum absolute atomic E-state index is 14.0. The number of aromatic nitrogens is 2. The van der Waals surface area contributed by atoms with Crippen LogP contribution in [0.3, 0.4) is 0 Å². The van der Waals surface area contributed by atoms with Crippen molar-refractivity contribution in [2.75, 3.05) is 47.9 Å². The Balaban J connectivity index is 1.40. The Morgan fingerprint density at radius 3 is 2.16 bits per heavy atom. The van der Waals surface area contributed by atoms with Crippen molar-refractivity contribution in [1.29, 1.82) is 5.26 Å². The maximum Gasteiger partial charge on any atom is 0.270 e. The molecule has 12 nitrogen and oxygen atoms in total. The number of H-pyrrole nitrogens is 1. The zero-order valence-corrected chi connectivity index (χ0v) is 28.1. The fourth-order valence-electron chi connectivity index (χ4n) is 5.04. The van der Waals surface area contributed by atoms with Crippen LogP contribution in [0.25, 0.3) is 33.6 Å². The molecule has 0 aliphatic carbocycles. The molecule has 2 heterocycles. The number of aromatic amines is 1. The monoisotopic (exact) mass is 689 g/mol. The van der Waals surface area contributed by atoms with Crippen molar-refractivity contribution in [2.45, 2.75) is 18.0 Å². The number of nitrogens with one attached hydrogen (secondary N) is 1. The first-order chi connectivity index (χ1) is 23.8. The zero-order chi connectivity index (χ0) is 35.1. The van der Waals surface area contributed by atoms with Gasteiger partial charge in [0, 0.05) is 29.0 Å². The van der Waals surface area contributed by atoms with Crippen LogP contribution >= 0.6 is 11.8 Å². The molecule has 5 aromatic rings. The van der Waals surface area contributed by atoms with Gasteiger partial charge in [0.05, 0.1) is 47.8 Å². The van der Waals surface area contributed by atoms with Gasteiger partial charge in [-0.3, -0.25) is 9.59 Å². The molecule has 0 spiro atoms. The molecule has 3 aromatic carbocycles. The molecule has 14 heteroatoms. The molecule has 254 valence electrons. The van der Waals surface area contributed by atoms with Crippen molar-refractivity contribution in [1.82, 2.24) is 9.97 Å². The van der Waals surface area contributed by atoms with Gasteiger partial charge in [0.15, 0.2) is 22.4 Å². The van der Waals surface area contributed by atoms with Gasteiger partial charge in [-0.05, 0) is 49.2 Å². The minimum absolute atomic E-state index is 0.0417. The van der Waals surface area contributed by atoms with Crippen molar-refractivity contribution >= 4 is 22.7 Å². The quantitative estimate of drug-likeness (QED) is 0.0800. The third kappa shape index (κ3) is 7.26.